The van der Waals surface area contributed by atoms with Crippen LogP contribution < -0.4 is 10.9 Å². The van der Waals surface area contributed by atoms with Crippen LogP contribution in [0.2, 0.25) is 15.1 Å². The number of hydrogen-bond donors (Lipinski definition) is 2. The van der Waals surface area contributed by atoms with E-state index in [1.165, 1.54) is 4.52 Å². The van der Waals surface area contributed by atoms with Crippen LogP contribution in [0.5, 0.6) is 0 Å². The van der Waals surface area contributed by atoms with E-state index in [9.17, 15) is 4.79 Å². The summed E-state index contributed by atoms with van der Waals surface area (Å²) >= 11 is 18.0. The van der Waals surface area contributed by atoms with Gasteiger partial charge in [0.05, 0.1) is 15.7 Å². The van der Waals surface area contributed by atoms with Crippen molar-refractivity contribution in [1.29, 1.82) is 0 Å². The minimum absolute atomic E-state index is 0.0607. The van der Waals surface area contributed by atoms with Crippen molar-refractivity contribution in [2.24, 2.45) is 0 Å². The maximum atomic E-state index is 12.0. The molecule has 114 valence electrons. The highest BCUT2D eigenvalue weighted by atomic mass is 35.5. The van der Waals surface area contributed by atoms with Crippen LogP contribution in [0.1, 0.15) is 11.3 Å². The Hall–Kier alpha value is -1.76. The Bertz CT molecular complexity index is 918. The first-order valence-corrected chi connectivity index (χ1v) is 7.42. The molecule has 0 fully saturated rings. The maximum Gasteiger partial charge on any atom is 0.293 e. The molecule has 0 aliphatic carbocycles. The van der Waals surface area contributed by atoms with Crippen LogP contribution >= 0.6 is 34.8 Å². The van der Waals surface area contributed by atoms with E-state index in [2.05, 4.69) is 20.4 Å². The molecule has 1 aromatic carbocycles. The van der Waals surface area contributed by atoms with Crippen molar-refractivity contribution >= 4 is 46.5 Å². The summed E-state index contributed by atoms with van der Waals surface area (Å²) in [6.45, 7) is 2.04. The molecule has 2 N–H and O–H groups in total. The van der Waals surface area contributed by atoms with E-state index >= 15 is 0 Å². The van der Waals surface area contributed by atoms with Gasteiger partial charge in [-0.25, -0.2) is 4.98 Å². The van der Waals surface area contributed by atoms with Gasteiger partial charge in [0, 0.05) is 6.54 Å². The van der Waals surface area contributed by atoms with Crippen molar-refractivity contribution < 1.29 is 0 Å². The van der Waals surface area contributed by atoms with Gasteiger partial charge in [-0.05, 0) is 18.6 Å². The molecular formula is C13H10Cl3N5O. The summed E-state index contributed by atoms with van der Waals surface area (Å²) in [5.74, 6) is 0.619. The summed E-state index contributed by atoms with van der Waals surface area (Å²) in [5.41, 5.74) is 0.845. The molecule has 3 rings (SSSR count). The van der Waals surface area contributed by atoms with E-state index in [1.54, 1.807) is 19.1 Å². The molecule has 0 aliphatic heterocycles. The van der Waals surface area contributed by atoms with Crippen LogP contribution in [0.4, 0.5) is 5.95 Å². The van der Waals surface area contributed by atoms with Crippen LogP contribution in [0.3, 0.4) is 0 Å². The minimum Gasteiger partial charge on any atom is -0.350 e. The molecule has 6 nitrogen and oxygen atoms in total. The summed E-state index contributed by atoms with van der Waals surface area (Å²) in [5, 5.41) is 6.84. The first kappa shape index (κ1) is 15.1. The number of aromatic nitrogens is 4. The van der Waals surface area contributed by atoms with E-state index in [0.29, 0.717) is 28.2 Å². The number of nitrogens with zero attached hydrogens (tertiary/aromatic N) is 3. The second kappa shape index (κ2) is 5.79. The van der Waals surface area contributed by atoms with Crippen LogP contribution in [0, 0.1) is 6.92 Å². The lowest BCUT2D eigenvalue weighted by Crippen LogP contribution is -2.17. The van der Waals surface area contributed by atoms with Crippen molar-refractivity contribution in [2.45, 2.75) is 13.5 Å². The van der Waals surface area contributed by atoms with E-state index < -0.39 is 5.56 Å². The molecule has 0 unspecified atom stereocenters. The number of hydrogen-bond acceptors (Lipinski definition) is 4. The molecule has 0 aliphatic rings. The maximum absolute atomic E-state index is 12.0. The first-order valence-electron chi connectivity index (χ1n) is 6.29. The lowest BCUT2D eigenvalue weighted by Gasteiger charge is -2.06. The topological polar surface area (TPSA) is 75.1 Å². The quantitative estimate of drug-likeness (QED) is 0.753. The Kier molecular flexibility index (Phi) is 3.99. The fraction of sp³-hybridized carbons (Fsp3) is 0.154. The van der Waals surface area contributed by atoms with Gasteiger partial charge in [-0.15, -0.1) is 0 Å². The van der Waals surface area contributed by atoms with Crippen molar-refractivity contribution in [3.05, 3.63) is 54.9 Å². The lowest BCUT2D eigenvalue weighted by atomic mass is 10.2. The Labute approximate surface area is 140 Å². The Morgan fingerprint density at radius 2 is 2.00 bits per heavy atom. The summed E-state index contributed by atoms with van der Waals surface area (Å²) in [6, 6.07) is 5.36. The van der Waals surface area contributed by atoms with Gasteiger partial charge in [0.25, 0.3) is 11.3 Å². The Morgan fingerprint density at radius 1 is 1.23 bits per heavy atom. The number of anilines is 1. The smallest absolute Gasteiger partial charge is 0.293 e. The molecule has 22 heavy (non-hydrogen) atoms. The number of fused-ring (bicyclic) bond motifs is 1. The molecule has 2 heterocycles. The first-order chi connectivity index (χ1) is 10.5. The molecular weight excluding hydrogens is 349 g/mol. The third-order valence-electron chi connectivity index (χ3n) is 3.08. The van der Waals surface area contributed by atoms with E-state index in [1.807, 2.05) is 6.07 Å². The normalized spacial score (nSPS) is 11.1. The largest absolute Gasteiger partial charge is 0.350 e. The molecule has 0 spiro atoms. The van der Waals surface area contributed by atoms with Gasteiger partial charge in [-0.2, -0.15) is 9.50 Å². The number of rotatable bonds is 3. The molecule has 3 aromatic rings. The predicted octanol–water partition coefficient (Wildman–Crippen LogP) is 3.30. The Balaban J connectivity index is 1.90. The zero-order valence-corrected chi connectivity index (χ0v) is 13.6. The average molecular weight is 359 g/mol. The number of halogens is 3. The van der Waals surface area contributed by atoms with E-state index in [0.717, 1.165) is 5.56 Å². The second-order valence-electron chi connectivity index (χ2n) is 4.59. The molecule has 0 saturated heterocycles. The van der Waals surface area contributed by atoms with E-state index in [4.69, 9.17) is 34.8 Å². The predicted molar refractivity (Wildman–Crippen MR) is 87.1 cm³/mol. The highest BCUT2D eigenvalue weighted by Crippen LogP contribution is 2.25. The van der Waals surface area contributed by atoms with Crippen molar-refractivity contribution in [3.8, 4) is 0 Å². The third-order valence-corrected chi connectivity index (χ3v) is 4.38. The average Bonchev–Trinajstić information content (AvgIpc) is 2.89. The van der Waals surface area contributed by atoms with Gasteiger partial charge < -0.3 is 5.32 Å². The molecule has 0 amide bonds. The number of benzene rings is 1. The zero-order valence-electron chi connectivity index (χ0n) is 11.3. The Morgan fingerprint density at radius 3 is 2.77 bits per heavy atom. The molecule has 0 radical (unpaired) electrons. The van der Waals surface area contributed by atoms with Crippen LogP contribution in [-0.2, 0) is 6.54 Å². The van der Waals surface area contributed by atoms with Gasteiger partial charge in [-0.3, -0.25) is 9.89 Å². The zero-order chi connectivity index (χ0) is 15.9. The minimum atomic E-state index is -0.398. The summed E-state index contributed by atoms with van der Waals surface area (Å²) in [4.78, 5) is 20.3. The number of aromatic amines is 1. The summed E-state index contributed by atoms with van der Waals surface area (Å²) in [7, 11) is 0. The third kappa shape index (κ3) is 2.65. The molecule has 2 aromatic heterocycles. The molecule has 0 saturated carbocycles. The molecule has 0 atom stereocenters. The molecule has 0 bridgehead atoms. The van der Waals surface area contributed by atoms with Gasteiger partial charge in [0.1, 0.15) is 5.02 Å². The van der Waals surface area contributed by atoms with Crippen LogP contribution in [-0.4, -0.2) is 19.6 Å². The van der Waals surface area contributed by atoms with Crippen LogP contribution in [0.15, 0.2) is 23.0 Å². The van der Waals surface area contributed by atoms with Gasteiger partial charge >= 0.3 is 0 Å². The standard InChI is InChI=1S/C13H10Cl3N5O/c1-6-9(15)11(22)21-13(18-6)19-12(20-21)17-5-7-3-2-4-8(14)10(7)16/h2-4H,5H2,1H3,(H2,17,18,19,20). The monoisotopic (exact) mass is 357 g/mol. The fourth-order valence-corrected chi connectivity index (χ4v) is 2.46. The van der Waals surface area contributed by atoms with Crippen LogP contribution in [0.25, 0.3) is 5.78 Å². The highest BCUT2D eigenvalue weighted by molar-refractivity contribution is 6.42. The van der Waals surface area contributed by atoms with E-state index in [-0.39, 0.29) is 10.8 Å². The number of nitrogens with one attached hydrogen (secondary N) is 2. The van der Waals surface area contributed by atoms with Gasteiger partial charge in [0.2, 0.25) is 5.95 Å². The van der Waals surface area contributed by atoms with Crippen molar-refractivity contribution in [2.75, 3.05) is 5.32 Å². The van der Waals surface area contributed by atoms with Crippen molar-refractivity contribution in [1.82, 2.24) is 19.6 Å². The SMILES string of the molecule is Cc1nc2nc(NCc3cccc(Cl)c3Cl)[nH]n2c(=O)c1Cl. The number of aryl methyl sites for hydroxylation is 1. The second-order valence-corrected chi connectivity index (χ2v) is 5.75. The summed E-state index contributed by atoms with van der Waals surface area (Å²) in [6.07, 6.45) is 0. The molecule has 9 heteroatoms. The van der Waals surface area contributed by atoms with Gasteiger partial charge in [0.15, 0.2) is 0 Å². The summed E-state index contributed by atoms with van der Waals surface area (Å²) < 4.78 is 1.18. The highest BCUT2D eigenvalue weighted by Gasteiger charge is 2.12. The lowest BCUT2D eigenvalue weighted by molar-refractivity contribution is 0.887. The van der Waals surface area contributed by atoms with Gasteiger partial charge in [-0.1, -0.05) is 46.9 Å². The number of H-pyrrole nitrogens is 1. The van der Waals surface area contributed by atoms with Crippen molar-refractivity contribution in [3.63, 3.8) is 0 Å². The fourth-order valence-electron chi connectivity index (χ4n) is 1.94.